The number of hydrogen-bond donors (Lipinski definition) is 0. The van der Waals surface area contributed by atoms with Crippen molar-refractivity contribution in [3.05, 3.63) is 29.3 Å². The van der Waals surface area contributed by atoms with Gasteiger partial charge in [0, 0.05) is 12.2 Å². The maximum Gasteiger partial charge on any atom is 0.414 e. The molecule has 0 aromatic heterocycles. The molecule has 0 bridgehead atoms. The number of fused-ring (bicyclic) bond motifs is 1. The van der Waals surface area contributed by atoms with E-state index in [2.05, 4.69) is 6.07 Å². The van der Waals surface area contributed by atoms with Crippen LogP contribution in [0, 0.1) is 11.3 Å². The van der Waals surface area contributed by atoms with Gasteiger partial charge in [0.1, 0.15) is 5.60 Å². The highest BCUT2D eigenvalue weighted by Crippen LogP contribution is 2.39. The van der Waals surface area contributed by atoms with Crippen LogP contribution in [0.25, 0.3) is 0 Å². The Kier molecular flexibility index (Phi) is 4.77. The largest absolute Gasteiger partial charge is 0.449 e. The van der Waals surface area contributed by atoms with Crippen molar-refractivity contribution in [2.45, 2.75) is 51.8 Å². The molecule has 2 aliphatic heterocycles. The third-order valence-corrected chi connectivity index (χ3v) is 4.40. The van der Waals surface area contributed by atoms with E-state index in [0.717, 1.165) is 23.2 Å². The normalized spacial score (nSPS) is 19.6. The Bertz CT molecular complexity index is 763. The lowest BCUT2D eigenvalue weighted by Crippen LogP contribution is -2.37. The highest BCUT2D eigenvalue weighted by Gasteiger charge is 2.36. The monoisotopic (exact) mass is 357 g/mol. The van der Waals surface area contributed by atoms with E-state index in [1.807, 2.05) is 39.0 Å². The summed E-state index contributed by atoms with van der Waals surface area (Å²) in [6.07, 6.45) is 0.181. The number of benzene rings is 1. The standard InChI is InChI=1S/C19H23N3O4/c1-19(2,3)26-18(24)22-12-13-11-14(21-9-4-10-25-17(21)23)5-6-15(13)16(22)7-8-20/h5-6,11,16H,4,7,9-10,12H2,1-3H3/t16-/m0/s1. The molecule has 0 aliphatic carbocycles. The number of anilines is 1. The zero-order valence-electron chi connectivity index (χ0n) is 15.3. The summed E-state index contributed by atoms with van der Waals surface area (Å²) in [5.41, 5.74) is 1.99. The molecule has 2 amide bonds. The minimum Gasteiger partial charge on any atom is -0.449 e. The third kappa shape index (κ3) is 3.59. The van der Waals surface area contributed by atoms with E-state index < -0.39 is 11.7 Å². The molecule has 1 aromatic carbocycles. The van der Waals surface area contributed by atoms with Crippen LogP contribution in [-0.2, 0) is 16.0 Å². The first-order valence-corrected chi connectivity index (χ1v) is 8.74. The topological polar surface area (TPSA) is 82.9 Å². The summed E-state index contributed by atoms with van der Waals surface area (Å²) in [6, 6.07) is 7.44. The van der Waals surface area contributed by atoms with Gasteiger partial charge in [-0.15, -0.1) is 0 Å². The zero-order chi connectivity index (χ0) is 18.9. The van der Waals surface area contributed by atoms with Crippen LogP contribution in [0.3, 0.4) is 0 Å². The predicted octanol–water partition coefficient (Wildman–Crippen LogP) is 3.74. The van der Waals surface area contributed by atoms with E-state index in [-0.39, 0.29) is 18.6 Å². The van der Waals surface area contributed by atoms with Crippen molar-refractivity contribution in [2.24, 2.45) is 0 Å². The van der Waals surface area contributed by atoms with E-state index in [1.165, 1.54) is 0 Å². The summed E-state index contributed by atoms with van der Waals surface area (Å²) in [4.78, 5) is 27.7. The van der Waals surface area contributed by atoms with E-state index in [0.29, 0.717) is 19.7 Å². The fourth-order valence-electron chi connectivity index (χ4n) is 3.29. The molecular weight excluding hydrogens is 334 g/mol. The van der Waals surface area contributed by atoms with Gasteiger partial charge in [-0.25, -0.2) is 9.59 Å². The number of carbonyl (C=O) groups is 2. The van der Waals surface area contributed by atoms with Gasteiger partial charge in [0.2, 0.25) is 0 Å². The average molecular weight is 357 g/mol. The molecule has 2 heterocycles. The Morgan fingerprint density at radius 1 is 1.42 bits per heavy atom. The molecule has 26 heavy (non-hydrogen) atoms. The number of hydrogen-bond acceptors (Lipinski definition) is 5. The number of nitriles is 1. The summed E-state index contributed by atoms with van der Waals surface area (Å²) in [6.45, 7) is 6.84. The molecular formula is C19H23N3O4. The highest BCUT2D eigenvalue weighted by molar-refractivity contribution is 5.88. The maximum atomic E-state index is 12.6. The van der Waals surface area contributed by atoms with Crippen molar-refractivity contribution >= 4 is 17.9 Å². The second-order valence-electron chi connectivity index (χ2n) is 7.49. The fourth-order valence-corrected chi connectivity index (χ4v) is 3.29. The average Bonchev–Trinajstić information content (AvgIpc) is 2.92. The number of rotatable bonds is 2. The first kappa shape index (κ1) is 18.1. The van der Waals surface area contributed by atoms with Crippen molar-refractivity contribution in [3.63, 3.8) is 0 Å². The summed E-state index contributed by atoms with van der Waals surface area (Å²) in [5, 5.41) is 9.18. The van der Waals surface area contributed by atoms with Crippen LogP contribution in [0.5, 0.6) is 0 Å². The lowest BCUT2D eigenvalue weighted by Gasteiger charge is -2.27. The third-order valence-electron chi connectivity index (χ3n) is 4.40. The van der Waals surface area contributed by atoms with Crippen LogP contribution in [0.2, 0.25) is 0 Å². The quantitative estimate of drug-likeness (QED) is 0.805. The smallest absolute Gasteiger partial charge is 0.414 e. The van der Waals surface area contributed by atoms with Crippen molar-refractivity contribution in [1.82, 2.24) is 4.90 Å². The molecule has 2 aliphatic rings. The summed E-state index contributed by atoms with van der Waals surface area (Å²) in [5.74, 6) is 0. The molecule has 1 saturated heterocycles. The van der Waals surface area contributed by atoms with Crippen molar-refractivity contribution in [2.75, 3.05) is 18.1 Å². The van der Waals surface area contributed by atoms with Crippen LogP contribution >= 0.6 is 0 Å². The first-order chi connectivity index (χ1) is 12.3. The number of cyclic esters (lactones) is 1. The van der Waals surface area contributed by atoms with Crippen molar-refractivity contribution in [3.8, 4) is 6.07 Å². The van der Waals surface area contributed by atoms with Gasteiger partial charge in [-0.3, -0.25) is 9.80 Å². The van der Waals surface area contributed by atoms with E-state index in [1.54, 1.807) is 9.80 Å². The summed E-state index contributed by atoms with van der Waals surface area (Å²) < 4.78 is 10.6. The maximum absolute atomic E-state index is 12.6. The Balaban J connectivity index is 1.87. The van der Waals surface area contributed by atoms with Crippen molar-refractivity contribution in [1.29, 1.82) is 5.26 Å². The molecule has 7 nitrogen and oxygen atoms in total. The Morgan fingerprint density at radius 3 is 2.85 bits per heavy atom. The van der Waals surface area contributed by atoms with E-state index in [4.69, 9.17) is 9.47 Å². The number of amides is 2. The number of nitrogens with zero attached hydrogens (tertiary/aromatic N) is 3. The van der Waals surface area contributed by atoms with Gasteiger partial charge in [0.15, 0.2) is 0 Å². The minimum atomic E-state index is -0.605. The van der Waals surface area contributed by atoms with Gasteiger partial charge >= 0.3 is 12.2 Å². The Morgan fingerprint density at radius 2 is 2.19 bits per heavy atom. The van der Waals surface area contributed by atoms with Crippen LogP contribution < -0.4 is 4.90 Å². The van der Waals surface area contributed by atoms with Crippen LogP contribution in [-0.4, -0.2) is 35.8 Å². The molecule has 0 saturated carbocycles. The summed E-state index contributed by atoms with van der Waals surface area (Å²) in [7, 11) is 0. The zero-order valence-corrected chi connectivity index (χ0v) is 15.3. The molecule has 1 fully saturated rings. The predicted molar refractivity (Wildman–Crippen MR) is 94.5 cm³/mol. The highest BCUT2D eigenvalue weighted by atomic mass is 16.6. The Hall–Kier alpha value is -2.75. The molecule has 1 aromatic rings. The van der Waals surface area contributed by atoms with Crippen LogP contribution in [0.15, 0.2) is 18.2 Å². The van der Waals surface area contributed by atoms with E-state index in [9.17, 15) is 14.9 Å². The van der Waals surface area contributed by atoms with Gasteiger partial charge in [-0.1, -0.05) is 6.07 Å². The van der Waals surface area contributed by atoms with Crippen LogP contribution in [0.1, 0.15) is 50.8 Å². The second kappa shape index (κ2) is 6.87. The molecule has 1 atom stereocenters. The van der Waals surface area contributed by atoms with Gasteiger partial charge < -0.3 is 9.47 Å². The molecule has 138 valence electrons. The number of ether oxygens (including phenoxy) is 2. The van der Waals surface area contributed by atoms with Gasteiger partial charge in [0.25, 0.3) is 0 Å². The van der Waals surface area contributed by atoms with Crippen LogP contribution in [0.4, 0.5) is 15.3 Å². The molecule has 0 radical (unpaired) electrons. The molecule has 0 spiro atoms. The summed E-state index contributed by atoms with van der Waals surface area (Å²) >= 11 is 0. The van der Waals surface area contributed by atoms with Crippen molar-refractivity contribution < 1.29 is 19.1 Å². The van der Waals surface area contributed by atoms with Gasteiger partial charge in [-0.05, 0) is 50.5 Å². The van der Waals surface area contributed by atoms with E-state index >= 15 is 0 Å². The molecule has 0 unspecified atom stereocenters. The first-order valence-electron chi connectivity index (χ1n) is 8.74. The lowest BCUT2D eigenvalue weighted by molar-refractivity contribution is 0.0175. The SMILES string of the molecule is CC(C)(C)OC(=O)N1Cc2cc(N3CCCOC3=O)ccc2[C@@H]1CC#N. The Labute approximate surface area is 153 Å². The van der Waals surface area contributed by atoms with Gasteiger partial charge in [-0.2, -0.15) is 5.26 Å². The molecule has 3 rings (SSSR count). The number of carbonyl (C=O) groups excluding carboxylic acids is 2. The minimum absolute atomic E-state index is 0.192. The van der Waals surface area contributed by atoms with Gasteiger partial charge in [0.05, 0.1) is 31.7 Å². The fraction of sp³-hybridized carbons (Fsp3) is 0.526. The lowest BCUT2D eigenvalue weighted by atomic mass is 10.0. The molecule has 0 N–H and O–H groups in total. The second-order valence-corrected chi connectivity index (χ2v) is 7.49. The molecule has 7 heteroatoms.